The molecule has 0 radical (unpaired) electrons. The number of rotatable bonds is 4. The summed E-state index contributed by atoms with van der Waals surface area (Å²) in [5.41, 5.74) is 5.38. The van der Waals surface area contributed by atoms with Crippen LogP contribution in [0.25, 0.3) is 11.3 Å². The summed E-state index contributed by atoms with van der Waals surface area (Å²) in [6.07, 6.45) is 4.71. The highest BCUT2D eigenvalue weighted by Crippen LogP contribution is 2.23. The lowest BCUT2D eigenvalue weighted by atomic mass is 10.0. The van der Waals surface area contributed by atoms with Crippen LogP contribution < -0.4 is 11.3 Å². The number of nitrogens with one attached hydrogen (secondary N) is 1. The molecule has 5 heteroatoms. The maximum atomic E-state index is 13.0. The van der Waals surface area contributed by atoms with Gasteiger partial charge >= 0.3 is 0 Å². The predicted octanol–water partition coefficient (Wildman–Crippen LogP) is 2.13. The molecule has 2 rings (SSSR count). The number of halogens is 1. The Balaban J connectivity index is 2.56. The maximum Gasteiger partial charge on any atom is 0.123 e. The van der Waals surface area contributed by atoms with Gasteiger partial charge in [0, 0.05) is 11.8 Å². The molecular weight excluding hydrogens is 243 g/mol. The summed E-state index contributed by atoms with van der Waals surface area (Å²) in [6, 6.07) is 7.75. The molecule has 4 nitrogen and oxygen atoms in total. The smallest absolute Gasteiger partial charge is 0.123 e. The van der Waals surface area contributed by atoms with Gasteiger partial charge in [-0.25, -0.2) is 14.4 Å². The Labute approximate surface area is 110 Å². The third-order valence-electron chi connectivity index (χ3n) is 2.61. The quantitative estimate of drug-likeness (QED) is 0.499. The maximum absolute atomic E-state index is 13.0. The van der Waals surface area contributed by atoms with Crippen molar-refractivity contribution in [1.29, 1.82) is 0 Å². The van der Waals surface area contributed by atoms with E-state index in [9.17, 15) is 4.39 Å². The van der Waals surface area contributed by atoms with E-state index in [1.165, 1.54) is 18.5 Å². The Kier molecular flexibility index (Phi) is 4.00. The minimum Gasteiger partial charge on any atom is -0.323 e. The first-order valence-corrected chi connectivity index (χ1v) is 5.62. The first-order valence-electron chi connectivity index (χ1n) is 5.62. The SMILES string of the molecule is C=C/C(=C(\NN)c1ccc(F)cc1)c1ccncn1. The second kappa shape index (κ2) is 5.88. The van der Waals surface area contributed by atoms with E-state index in [0.717, 1.165) is 11.1 Å². The van der Waals surface area contributed by atoms with Crippen molar-refractivity contribution in [2.45, 2.75) is 0 Å². The van der Waals surface area contributed by atoms with E-state index in [0.29, 0.717) is 11.4 Å². The molecule has 3 N–H and O–H groups in total. The second-order valence-corrected chi connectivity index (χ2v) is 3.74. The van der Waals surface area contributed by atoms with Crippen LogP contribution in [0, 0.1) is 5.82 Å². The third-order valence-corrected chi connectivity index (χ3v) is 2.61. The van der Waals surface area contributed by atoms with Gasteiger partial charge in [0.15, 0.2) is 0 Å². The summed E-state index contributed by atoms with van der Waals surface area (Å²) in [6.45, 7) is 3.76. The van der Waals surface area contributed by atoms with E-state index in [-0.39, 0.29) is 5.82 Å². The molecule has 0 saturated carbocycles. The van der Waals surface area contributed by atoms with Gasteiger partial charge in [0.05, 0.1) is 11.4 Å². The molecule has 2 aromatic rings. The summed E-state index contributed by atoms with van der Waals surface area (Å²) in [4.78, 5) is 8.01. The van der Waals surface area contributed by atoms with Gasteiger partial charge in [-0.05, 0) is 35.9 Å². The summed E-state index contributed by atoms with van der Waals surface area (Å²) in [5, 5.41) is 0. The zero-order valence-corrected chi connectivity index (χ0v) is 10.2. The highest BCUT2D eigenvalue weighted by atomic mass is 19.1. The molecule has 1 aromatic carbocycles. The lowest BCUT2D eigenvalue weighted by Crippen LogP contribution is -2.21. The first-order chi connectivity index (χ1) is 9.26. The molecule has 0 bridgehead atoms. The normalized spacial score (nSPS) is 11.7. The van der Waals surface area contributed by atoms with Gasteiger partial charge in [0.1, 0.15) is 12.1 Å². The van der Waals surface area contributed by atoms with Gasteiger partial charge in [-0.2, -0.15) is 0 Å². The van der Waals surface area contributed by atoms with Crippen LogP contribution in [0.5, 0.6) is 0 Å². The molecule has 0 amide bonds. The molecule has 0 aliphatic carbocycles. The minimum absolute atomic E-state index is 0.303. The molecule has 0 spiro atoms. The van der Waals surface area contributed by atoms with Crippen molar-refractivity contribution in [3.05, 3.63) is 72.6 Å². The molecule has 1 aromatic heterocycles. The highest BCUT2D eigenvalue weighted by Gasteiger charge is 2.09. The van der Waals surface area contributed by atoms with Crippen LogP contribution in [0.2, 0.25) is 0 Å². The van der Waals surface area contributed by atoms with Crippen molar-refractivity contribution in [3.63, 3.8) is 0 Å². The van der Waals surface area contributed by atoms with Crippen LogP contribution in [0.3, 0.4) is 0 Å². The molecule has 0 atom stereocenters. The third kappa shape index (κ3) is 2.83. The highest BCUT2D eigenvalue weighted by molar-refractivity contribution is 5.93. The summed E-state index contributed by atoms with van der Waals surface area (Å²) in [7, 11) is 0. The van der Waals surface area contributed by atoms with Gasteiger partial charge in [-0.3, -0.25) is 5.84 Å². The average molecular weight is 256 g/mol. The Morgan fingerprint density at radius 2 is 2.00 bits per heavy atom. The molecule has 0 saturated heterocycles. The second-order valence-electron chi connectivity index (χ2n) is 3.74. The van der Waals surface area contributed by atoms with E-state index in [4.69, 9.17) is 5.84 Å². The monoisotopic (exact) mass is 256 g/mol. The number of allylic oxidation sites excluding steroid dienone is 2. The number of hydrazine groups is 1. The van der Waals surface area contributed by atoms with E-state index in [1.807, 2.05) is 0 Å². The molecule has 0 unspecified atom stereocenters. The molecule has 1 heterocycles. The van der Waals surface area contributed by atoms with Gasteiger partial charge in [-0.1, -0.05) is 12.7 Å². The van der Waals surface area contributed by atoms with Crippen LogP contribution >= 0.6 is 0 Å². The van der Waals surface area contributed by atoms with E-state index in [2.05, 4.69) is 22.0 Å². The summed E-state index contributed by atoms with van der Waals surface area (Å²) < 4.78 is 13.0. The first kappa shape index (κ1) is 12.9. The van der Waals surface area contributed by atoms with E-state index in [1.54, 1.807) is 30.5 Å². The fourth-order valence-electron chi connectivity index (χ4n) is 1.72. The minimum atomic E-state index is -0.303. The molecule has 0 fully saturated rings. The molecule has 0 aliphatic heterocycles. The van der Waals surface area contributed by atoms with Gasteiger partial charge in [0.25, 0.3) is 0 Å². The number of hydrogen-bond acceptors (Lipinski definition) is 4. The Bertz CT molecular complexity index is 591. The van der Waals surface area contributed by atoms with Crippen molar-refractivity contribution in [1.82, 2.24) is 15.4 Å². The van der Waals surface area contributed by atoms with Crippen LogP contribution in [0.4, 0.5) is 4.39 Å². The molecule has 19 heavy (non-hydrogen) atoms. The summed E-state index contributed by atoms with van der Waals surface area (Å²) in [5.74, 6) is 5.26. The van der Waals surface area contributed by atoms with Crippen LogP contribution in [0.15, 0.2) is 55.5 Å². The number of benzene rings is 1. The van der Waals surface area contributed by atoms with Crippen molar-refractivity contribution < 1.29 is 4.39 Å². The zero-order valence-electron chi connectivity index (χ0n) is 10.2. The Morgan fingerprint density at radius 1 is 1.26 bits per heavy atom. The van der Waals surface area contributed by atoms with Crippen LogP contribution in [-0.2, 0) is 0 Å². The van der Waals surface area contributed by atoms with Gasteiger partial charge < -0.3 is 5.43 Å². The number of aromatic nitrogens is 2. The average Bonchev–Trinajstić information content (AvgIpc) is 2.47. The molecule has 0 aliphatic rings. The van der Waals surface area contributed by atoms with Crippen molar-refractivity contribution in [3.8, 4) is 0 Å². The summed E-state index contributed by atoms with van der Waals surface area (Å²) >= 11 is 0. The number of nitrogens with zero attached hydrogens (tertiary/aromatic N) is 2. The van der Waals surface area contributed by atoms with Gasteiger partial charge in [-0.15, -0.1) is 0 Å². The van der Waals surface area contributed by atoms with Crippen molar-refractivity contribution >= 4 is 11.3 Å². The lowest BCUT2D eigenvalue weighted by molar-refractivity contribution is 0.627. The van der Waals surface area contributed by atoms with E-state index >= 15 is 0 Å². The Morgan fingerprint density at radius 3 is 2.53 bits per heavy atom. The fraction of sp³-hybridized carbons (Fsp3) is 0. The largest absolute Gasteiger partial charge is 0.323 e. The molecular formula is C14H13FN4. The van der Waals surface area contributed by atoms with Crippen molar-refractivity contribution in [2.75, 3.05) is 0 Å². The fourth-order valence-corrected chi connectivity index (χ4v) is 1.72. The Hall–Kier alpha value is -2.53. The number of hydrogen-bond donors (Lipinski definition) is 2. The van der Waals surface area contributed by atoms with Crippen LogP contribution in [-0.4, -0.2) is 9.97 Å². The molecule has 96 valence electrons. The number of nitrogens with two attached hydrogens (primary N) is 1. The lowest BCUT2D eigenvalue weighted by Gasteiger charge is -2.12. The zero-order chi connectivity index (χ0) is 13.7. The van der Waals surface area contributed by atoms with E-state index < -0.39 is 0 Å². The van der Waals surface area contributed by atoms with Gasteiger partial charge in [0.2, 0.25) is 0 Å². The predicted molar refractivity (Wildman–Crippen MR) is 72.8 cm³/mol. The standard InChI is InChI=1S/C14H13FN4/c1-2-12(13-7-8-17-9-18-13)14(19-16)10-3-5-11(15)6-4-10/h2-9,19H,1,16H2/b14-12+. The van der Waals surface area contributed by atoms with Crippen molar-refractivity contribution in [2.24, 2.45) is 5.84 Å². The topological polar surface area (TPSA) is 63.8 Å². The van der Waals surface area contributed by atoms with Crippen LogP contribution in [0.1, 0.15) is 11.3 Å².